The second-order valence-electron chi connectivity index (χ2n) is 15.0. The summed E-state index contributed by atoms with van der Waals surface area (Å²) in [5, 5.41) is -1.09. The molecule has 3 aromatic carbocycles. The van der Waals surface area contributed by atoms with E-state index in [1.165, 1.54) is 78.5 Å². The largest absolute Gasteiger partial charge is 1.00 e. The number of hydrogen-bond acceptors (Lipinski definition) is 24. The molecular weight excluding hydrogens is 1040 g/mol. The smallest absolute Gasteiger partial charge is 0.775 e. The average molecular weight is 1100 g/mol. The van der Waals surface area contributed by atoms with Crippen molar-refractivity contribution in [3.63, 3.8) is 0 Å². The molecule has 0 fully saturated rings. The maximum absolute atomic E-state index is 13.6. The van der Waals surface area contributed by atoms with E-state index in [9.17, 15) is 42.8 Å². The number of methoxy groups -OCH3 is 3. The molecule has 24 nitrogen and oxygen atoms in total. The van der Waals surface area contributed by atoms with Crippen molar-refractivity contribution >= 4 is 56.6 Å². The van der Waals surface area contributed by atoms with E-state index >= 15 is 0 Å². The second kappa shape index (κ2) is 35.9. The van der Waals surface area contributed by atoms with Gasteiger partial charge in [-0.15, -0.1) is 0 Å². The van der Waals surface area contributed by atoms with Crippen LogP contribution in [0.2, 0.25) is 0 Å². The van der Waals surface area contributed by atoms with Gasteiger partial charge < -0.3 is 98.8 Å². The van der Waals surface area contributed by atoms with Crippen molar-refractivity contribution in [3.8, 4) is 17.2 Å². The molecule has 0 saturated heterocycles. The SMILES string of the molecule is CCOP(=O)([O-])c1cc2c(OCC(=O)OCCOC)c(c1)COCc1cc(P(=O)([O-])OCC)cc(c1OCC(=O)OCCOC)COCc1cc(P(=O)([O-])OCC)cc(c1OCC(=O)OCCOC)COC2.[Li+].[Li+].[Li+]. The molecule has 30 heteroatoms. The fraction of sp³-hybridized carbons (Fsp3) is 0.533. The molecule has 0 radical (unpaired) electrons. The molecule has 75 heavy (non-hydrogen) atoms. The number of rotatable bonds is 27. The van der Waals surface area contributed by atoms with Crippen molar-refractivity contribution in [3.05, 3.63) is 69.8 Å². The molecule has 3 aromatic rings. The minimum Gasteiger partial charge on any atom is -0.775 e. The maximum Gasteiger partial charge on any atom is 1.00 e. The monoisotopic (exact) mass is 1100 g/mol. The van der Waals surface area contributed by atoms with Crippen LogP contribution in [-0.4, -0.2) is 119 Å². The Balaban J connectivity index is 0.00000937. The number of carbonyl (C=O) groups excluding carboxylic acids is 3. The van der Waals surface area contributed by atoms with Gasteiger partial charge in [0.2, 0.25) is 0 Å². The summed E-state index contributed by atoms with van der Waals surface area (Å²) in [6.07, 6.45) is 0. The molecule has 0 amide bonds. The van der Waals surface area contributed by atoms with Crippen molar-refractivity contribution < 1.29 is 170 Å². The summed E-state index contributed by atoms with van der Waals surface area (Å²) < 4.78 is 123. The summed E-state index contributed by atoms with van der Waals surface area (Å²) in [6, 6.07) is 7.13. The number of esters is 3. The van der Waals surface area contributed by atoms with Gasteiger partial charge in [0.1, 0.15) is 37.1 Å². The van der Waals surface area contributed by atoms with Gasteiger partial charge in [-0.05, 0) is 57.2 Å². The molecule has 3 atom stereocenters. The average Bonchev–Trinajstić information content (AvgIpc) is 3.32. The molecular formula is C45H60Li3O24P3. The predicted octanol–water partition coefficient (Wildman–Crippen LogP) is -7.49. The van der Waals surface area contributed by atoms with Gasteiger partial charge in [-0.3, -0.25) is 0 Å². The van der Waals surface area contributed by atoms with Crippen LogP contribution < -0.4 is 101 Å². The molecule has 0 spiro atoms. The van der Waals surface area contributed by atoms with Crippen molar-refractivity contribution in [2.45, 2.75) is 60.4 Å². The van der Waals surface area contributed by atoms with Gasteiger partial charge in [0.25, 0.3) is 0 Å². The Bertz CT molecular complexity index is 2090. The van der Waals surface area contributed by atoms with E-state index in [1.54, 1.807) is 0 Å². The van der Waals surface area contributed by atoms with E-state index in [1.807, 2.05) is 0 Å². The van der Waals surface area contributed by atoms with Crippen molar-refractivity contribution in [2.75, 3.05) is 101 Å². The van der Waals surface area contributed by atoms with E-state index in [2.05, 4.69) is 0 Å². The van der Waals surface area contributed by atoms with Crippen LogP contribution in [0.5, 0.6) is 17.2 Å². The Labute approximate surface area is 471 Å². The van der Waals surface area contributed by atoms with Crippen molar-refractivity contribution in [2.24, 2.45) is 0 Å². The minimum absolute atomic E-state index is 0. The first-order valence-electron chi connectivity index (χ1n) is 22.3. The minimum atomic E-state index is -4.84. The number of carbonyl (C=O) groups is 3. The molecule has 6 bridgehead atoms. The first-order chi connectivity index (χ1) is 34.4. The van der Waals surface area contributed by atoms with Crippen LogP contribution in [0.3, 0.4) is 0 Å². The third kappa shape index (κ3) is 22.6. The Morgan fingerprint density at radius 2 is 0.640 bits per heavy atom. The number of hydrogen-bond donors (Lipinski definition) is 0. The van der Waals surface area contributed by atoms with Crippen molar-refractivity contribution in [1.82, 2.24) is 0 Å². The summed E-state index contributed by atoms with van der Waals surface area (Å²) in [7, 11) is -10.3. The molecule has 0 aromatic heterocycles. The zero-order valence-electron chi connectivity index (χ0n) is 43.8. The van der Waals surface area contributed by atoms with E-state index in [-0.39, 0.29) is 183 Å². The Kier molecular flexibility index (Phi) is 33.7. The third-order valence-electron chi connectivity index (χ3n) is 9.73. The van der Waals surface area contributed by atoms with Gasteiger partial charge in [0.05, 0.1) is 79.3 Å². The molecule has 4 rings (SSSR count). The zero-order valence-corrected chi connectivity index (χ0v) is 46.5. The summed E-state index contributed by atoms with van der Waals surface area (Å²) in [6.45, 7) is -1.51. The van der Waals surface area contributed by atoms with Gasteiger partial charge in [0.15, 0.2) is 42.6 Å². The second-order valence-corrected chi connectivity index (χ2v) is 20.3. The van der Waals surface area contributed by atoms with Gasteiger partial charge >= 0.3 is 74.5 Å². The summed E-state index contributed by atoms with van der Waals surface area (Å²) in [5.41, 5.74) is 0.109. The molecule has 1 aliphatic rings. The standard InChI is InChI=1S/C45H63O24P3.3Li/c1-7-67-70(49,50)37-16-31-22-58-24-33-18-38(71(51,52)68-8-2)20-35(44(33)65-29-41(47)62-14-11-56-5)26-60-27-36-21-39(72(53,54)69-9-3)19-34(45(36)66-30-42(48)63-15-12-57-6)25-59-23-32(17-37)43(31)64-28-40(46)61-13-10-55-4;;;/h16-21H,7-15,22-30H2,1-6H3,(H,49,50)(H,51,52)(H,53,54);;;/q;3*+1/p-3. The maximum atomic E-state index is 13.6. The van der Waals surface area contributed by atoms with Crippen LogP contribution in [-0.2, 0) is 124 Å². The quantitative estimate of drug-likeness (QED) is 0.0225. The Morgan fingerprint density at radius 3 is 0.827 bits per heavy atom. The normalized spacial score (nSPS) is 15.0. The number of ether oxygens (including phenoxy) is 12. The molecule has 0 saturated carbocycles. The fourth-order valence-corrected chi connectivity index (χ4v) is 10.0. The van der Waals surface area contributed by atoms with Crippen LogP contribution in [0, 0.1) is 0 Å². The first kappa shape index (κ1) is 70.5. The van der Waals surface area contributed by atoms with Crippen LogP contribution in [0.1, 0.15) is 54.2 Å². The van der Waals surface area contributed by atoms with E-state index in [0.29, 0.717) is 0 Å². The van der Waals surface area contributed by atoms with E-state index in [4.69, 9.17) is 70.4 Å². The van der Waals surface area contributed by atoms with Crippen LogP contribution >= 0.6 is 22.8 Å². The predicted molar refractivity (Wildman–Crippen MR) is 246 cm³/mol. The topological polar surface area (TPSA) is 310 Å². The van der Waals surface area contributed by atoms with Gasteiger partial charge in [-0.2, -0.15) is 0 Å². The van der Waals surface area contributed by atoms with Crippen LogP contribution in [0.15, 0.2) is 36.4 Å². The summed E-state index contributed by atoms with van der Waals surface area (Å²) in [5.74, 6) is -2.82. The number of fused-ring (bicyclic) bond motifs is 6. The van der Waals surface area contributed by atoms with Crippen LogP contribution in [0.4, 0.5) is 0 Å². The molecule has 1 heterocycles. The fourth-order valence-electron chi connectivity index (χ4n) is 6.66. The molecule has 3 unspecified atom stereocenters. The zero-order chi connectivity index (χ0) is 52.7. The van der Waals surface area contributed by atoms with E-state index < -0.39 is 100 Å². The van der Waals surface area contributed by atoms with Gasteiger partial charge in [-0.25, -0.2) is 14.4 Å². The molecule has 402 valence electrons. The van der Waals surface area contributed by atoms with E-state index in [0.717, 1.165) is 0 Å². The summed E-state index contributed by atoms with van der Waals surface area (Å²) in [4.78, 5) is 79.3. The molecule has 1 aliphatic heterocycles. The third-order valence-corrected chi connectivity index (χ3v) is 14.2. The Morgan fingerprint density at radius 1 is 0.427 bits per heavy atom. The first-order valence-corrected chi connectivity index (χ1v) is 27.0. The van der Waals surface area contributed by atoms with Crippen molar-refractivity contribution in [1.29, 1.82) is 0 Å². The number of benzene rings is 3. The van der Waals surface area contributed by atoms with Gasteiger partial charge in [0, 0.05) is 70.6 Å². The molecule has 0 aliphatic carbocycles. The van der Waals surface area contributed by atoms with Crippen LogP contribution in [0.25, 0.3) is 0 Å². The Hall–Kier alpha value is -2.53. The summed E-state index contributed by atoms with van der Waals surface area (Å²) >= 11 is 0. The van der Waals surface area contributed by atoms with Gasteiger partial charge in [-0.1, -0.05) is 0 Å². The molecule has 0 N–H and O–H groups in total.